The van der Waals surface area contributed by atoms with E-state index in [0.29, 0.717) is 0 Å². The number of hydrogen-bond donors (Lipinski definition) is 1. The highest BCUT2D eigenvalue weighted by atomic mass is 32.2. The van der Waals surface area contributed by atoms with E-state index in [9.17, 15) is 0 Å². The first kappa shape index (κ1) is 11.5. The molecule has 0 atom stereocenters. The summed E-state index contributed by atoms with van der Waals surface area (Å²) in [6.45, 7) is 6.16. The smallest absolute Gasteiger partial charge is 0.0308 e. The van der Waals surface area contributed by atoms with Crippen molar-refractivity contribution in [2.24, 2.45) is 5.73 Å². The van der Waals surface area contributed by atoms with Crippen molar-refractivity contribution < 1.29 is 0 Å². The van der Waals surface area contributed by atoms with E-state index in [1.165, 1.54) is 11.1 Å². The summed E-state index contributed by atoms with van der Waals surface area (Å²) in [5.41, 5.74) is 8.31. The molecule has 1 aromatic rings. The predicted octanol–water partition coefficient (Wildman–Crippen LogP) is 2.36. The SMILES string of the molecule is Cc1cncc(CSCC(C)(C)N)c1. The molecule has 0 spiro atoms. The lowest BCUT2D eigenvalue weighted by Crippen LogP contribution is -2.34. The fraction of sp³-hybridized carbons (Fsp3) is 0.545. The average molecular weight is 210 g/mol. The van der Waals surface area contributed by atoms with Gasteiger partial charge in [0.25, 0.3) is 0 Å². The van der Waals surface area contributed by atoms with Gasteiger partial charge in [-0.3, -0.25) is 4.98 Å². The van der Waals surface area contributed by atoms with Crippen LogP contribution in [0.5, 0.6) is 0 Å². The number of pyridine rings is 1. The standard InChI is InChI=1S/C11H18N2S/c1-9-4-10(6-13-5-9)7-14-8-11(2,3)12/h4-6H,7-8,12H2,1-3H3. The van der Waals surface area contributed by atoms with Crippen LogP contribution in [0.15, 0.2) is 18.5 Å². The van der Waals surface area contributed by atoms with E-state index in [2.05, 4.69) is 31.8 Å². The average Bonchev–Trinajstić information content (AvgIpc) is 2.01. The first-order valence-electron chi connectivity index (χ1n) is 4.74. The van der Waals surface area contributed by atoms with Gasteiger partial charge in [0.2, 0.25) is 0 Å². The molecule has 1 rings (SSSR count). The first-order valence-corrected chi connectivity index (χ1v) is 5.90. The molecule has 78 valence electrons. The molecule has 14 heavy (non-hydrogen) atoms. The maximum atomic E-state index is 5.89. The summed E-state index contributed by atoms with van der Waals surface area (Å²) < 4.78 is 0. The summed E-state index contributed by atoms with van der Waals surface area (Å²) in [5.74, 6) is 1.97. The van der Waals surface area contributed by atoms with Crippen molar-refractivity contribution in [2.45, 2.75) is 32.1 Å². The minimum absolute atomic E-state index is 0.0814. The van der Waals surface area contributed by atoms with Gasteiger partial charge >= 0.3 is 0 Å². The van der Waals surface area contributed by atoms with Crippen LogP contribution in [0.2, 0.25) is 0 Å². The Labute approximate surface area is 90.3 Å². The predicted molar refractivity (Wildman–Crippen MR) is 63.4 cm³/mol. The number of thioether (sulfide) groups is 1. The lowest BCUT2D eigenvalue weighted by atomic mass is 10.1. The van der Waals surface area contributed by atoms with Crippen molar-refractivity contribution >= 4 is 11.8 Å². The number of nitrogens with two attached hydrogens (primary N) is 1. The fourth-order valence-corrected chi connectivity index (χ4v) is 2.15. The Hall–Kier alpha value is -0.540. The van der Waals surface area contributed by atoms with E-state index in [0.717, 1.165) is 11.5 Å². The third-order valence-electron chi connectivity index (χ3n) is 1.67. The zero-order valence-corrected chi connectivity index (χ0v) is 9.90. The van der Waals surface area contributed by atoms with Crippen molar-refractivity contribution in [1.29, 1.82) is 0 Å². The van der Waals surface area contributed by atoms with Gasteiger partial charge < -0.3 is 5.73 Å². The van der Waals surface area contributed by atoms with Gasteiger partial charge in [0.1, 0.15) is 0 Å². The summed E-state index contributed by atoms with van der Waals surface area (Å²) in [7, 11) is 0. The van der Waals surface area contributed by atoms with Crippen LogP contribution in [-0.4, -0.2) is 16.3 Å². The molecule has 0 radical (unpaired) electrons. The van der Waals surface area contributed by atoms with Gasteiger partial charge in [0.05, 0.1) is 0 Å². The number of aromatic nitrogens is 1. The zero-order valence-electron chi connectivity index (χ0n) is 9.08. The molecule has 1 heterocycles. The van der Waals surface area contributed by atoms with Gasteiger partial charge in [-0.2, -0.15) is 11.8 Å². The quantitative estimate of drug-likeness (QED) is 0.829. The second kappa shape index (κ2) is 4.80. The first-order chi connectivity index (χ1) is 6.47. The Morgan fingerprint density at radius 1 is 1.43 bits per heavy atom. The summed E-state index contributed by atoms with van der Waals surface area (Å²) in [5, 5.41) is 0. The minimum Gasteiger partial charge on any atom is -0.325 e. The van der Waals surface area contributed by atoms with Crippen LogP contribution in [0.4, 0.5) is 0 Å². The molecule has 2 nitrogen and oxygen atoms in total. The molecule has 0 amide bonds. The normalized spacial score (nSPS) is 11.7. The van der Waals surface area contributed by atoms with Gasteiger partial charge in [-0.1, -0.05) is 6.07 Å². The van der Waals surface area contributed by atoms with E-state index >= 15 is 0 Å². The molecular weight excluding hydrogens is 192 g/mol. The second-order valence-corrected chi connectivity index (χ2v) is 5.34. The fourth-order valence-electron chi connectivity index (χ4n) is 1.13. The molecule has 0 aromatic carbocycles. The molecule has 1 aromatic heterocycles. The van der Waals surface area contributed by atoms with Gasteiger partial charge in [0, 0.05) is 29.4 Å². The Balaban J connectivity index is 2.39. The van der Waals surface area contributed by atoms with Crippen molar-refractivity contribution in [3.05, 3.63) is 29.6 Å². The Morgan fingerprint density at radius 2 is 2.14 bits per heavy atom. The van der Waals surface area contributed by atoms with Crippen LogP contribution in [0, 0.1) is 6.92 Å². The molecule has 0 aliphatic carbocycles. The Kier molecular flexibility index (Phi) is 3.96. The topological polar surface area (TPSA) is 38.9 Å². The van der Waals surface area contributed by atoms with Crippen molar-refractivity contribution in [1.82, 2.24) is 4.98 Å². The molecule has 2 N–H and O–H groups in total. The van der Waals surface area contributed by atoms with Crippen LogP contribution in [0.1, 0.15) is 25.0 Å². The molecule has 0 fully saturated rings. The molecule has 0 aliphatic rings. The Bertz CT molecular complexity index is 292. The van der Waals surface area contributed by atoms with Gasteiger partial charge in [-0.05, 0) is 31.9 Å². The van der Waals surface area contributed by atoms with Crippen molar-refractivity contribution in [2.75, 3.05) is 5.75 Å². The minimum atomic E-state index is -0.0814. The highest BCUT2D eigenvalue weighted by Crippen LogP contribution is 2.16. The summed E-state index contributed by atoms with van der Waals surface area (Å²) in [4.78, 5) is 4.15. The van der Waals surface area contributed by atoms with E-state index in [4.69, 9.17) is 5.73 Å². The van der Waals surface area contributed by atoms with Crippen LogP contribution < -0.4 is 5.73 Å². The third-order valence-corrected chi connectivity index (χ3v) is 3.16. The number of nitrogens with zero attached hydrogens (tertiary/aromatic N) is 1. The third kappa shape index (κ3) is 4.63. The van der Waals surface area contributed by atoms with Crippen LogP contribution in [-0.2, 0) is 5.75 Å². The molecule has 3 heteroatoms. The lowest BCUT2D eigenvalue weighted by Gasteiger charge is -2.17. The number of aryl methyl sites for hydroxylation is 1. The maximum absolute atomic E-state index is 5.89. The van der Waals surface area contributed by atoms with Gasteiger partial charge in [-0.15, -0.1) is 0 Å². The summed E-state index contributed by atoms with van der Waals surface area (Å²) in [6, 6.07) is 2.17. The molecule has 0 aliphatic heterocycles. The maximum Gasteiger partial charge on any atom is 0.0308 e. The van der Waals surface area contributed by atoms with Crippen molar-refractivity contribution in [3.8, 4) is 0 Å². The second-order valence-electron chi connectivity index (χ2n) is 4.35. The molecule has 0 saturated carbocycles. The van der Waals surface area contributed by atoms with E-state index in [1.807, 2.05) is 24.2 Å². The molecule has 0 unspecified atom stereocenters. The Morgan fingerprint density at radius 3 is 2.71 bits per heavy atom. The summed E-state index contributed by atoms with van der Waals surface area (Å²) in [6.07, 6.45) is 3.80. The molecule has 0 bridgehead atoms. The van der Waals surface area contributed by atoms with Crippen LogP contribution in [0.25, 0.3) is 0 Å². The van der Waals surface area contributed by atoms with Crippen molar-refractivity contribution in [3.63, 3.8) is 0 Å². The number of rotatable bonds is 4. The monoisotopic (exact) mass is 210 g/mol. The summed E-state index contributed by atoms with van der Waals surface area (Å²) >= 11 is 1.86. The number of hydrogen-bond acceptors (Lipinski definition) is 3. The van der Waals surface area contributed by atoms with Crippen LogP contribution >= 0.6 is 11.8 Å². The van der Waals surface area contributed by atoms with Crippen LogP contribution in [0.3, 0.4) is 0 Å². The molecule has 0 saturated heterocycles. The van der Waals surface area contributed by atoms with E-state index in [1.54, 1.807) is 0 Å². The van der Waals surface area contributed by atoms with E-state index < -0.39 is 0 Å². The zero-order chi connectivity index (χ0) is 10.6. The van der Waals surface area contributed by atoms with Gasteiger partial charge in [0.15, 0.2) is 0 Å². The lowest BCUT2D eigenvalue weighted by molar-refractivity contribution is 0.591. The largest absolute Gasteiger partial charge is 0.325 e. The highest BCUT2D eigenvalue weighted by molar-refractivity contribution is 7.98. The van der Waals surface area contributed by atoms with Gasteiger partial charge in [-0.25, -0.2) is 0 Å². The molecular formula is C11H18N2S. The van der Waals surface area contributed by atoms with E-state index in [-0.39, 0.29) is 5.54 Å². The highest BCUT2D eigenvalue weighted by Gasteiger charge is 2.09.